The van der Waals surface area contributed by atoms with Gasteiger partial charge in [0.15, 0.2) is 6.10 Å². The van der Waals surface area contributed by atoms with Crippen molar-refractivity contribution in [2.24, 2.45) is 0 Å². The zero-order chi connectivity index (χ0) is 54.3. The minimum Gasteiger partial charge on any atom is -0.462 e. The molecule has 6 nitrogen and oxygen atoms in total. The van der Waals surface area contributed by atoms with E-state index < -0.39 is 6.10 Å². The van der Waals surface area contributed by atoms with Gasteiger partial charge in [0.05, 0.1) is 0 Å². The third kappa shape index (κ3) is 60.8. The molecule has 0 rings (SSSR count). The average Bonchev–Trinajstić information content (AvgIpc) is 3.41. The van der Waals surface area contributed by atoms with Gasteiger partial charge in [-0.3, -0.25) is 14.4 Å². The molecule has 0 aliphatic heterocycles. The first-order chi connectivity index (χ1) is 37.0. The molecule has 428 valence electrons. The first kappa shape index (κ1) is 71.1. The molecule has 6 heteroatoms. The van der Waals surface area contributed by atoms with E-state index in [1.54, 1.807) is 0 Å². The Morgan fingerprint density at radius 3 is 0.813 bits per heavy atom. The summed E-state index contributed by atoms with van der Waals surface area (Å²) in [7, 11) is 0. The SMILES string of the molecule is CC/C=C\C/C=C\C/C=C\C/C=C\C/C=C\C/C=C\CCCCCCCCCCCCC(=O)OCC(COC(=O)CCCCCCC)OC(=O)CCCCCCCCCC/C=C\C/C=C\C/C=C\CCCCCCC. The number of carbonyl (C=O) groups is 3. The van der Waals surface area contributed by atoms with Crippen molar-refractivity contribution in [1.29, 1.82) is 0 Å². The third-order valence-electron chi connectivity index (χ3n) is 13.3. The maximum Gasteiger partial charge on any atom is 0.306 e. The van der Waals surface area contributed by atoms with Crippen LogP contribution in [0, 0.1) is 0 Å². The van der Waals surface area contributed by atoms with E-state index in [4.69, 9.17) is 14.2 Å². The molecule has 0 aliphatic rings. The number of hydrogen-bond donors (Lipinski definition) is 0. The first-order valence-corrected chi connectivity index (χ1v) is 31.4. The molecule has 75 heavy (non-hydrogen) atoms. The lowest BCUT2D eigenvalue weighted by Gasteiger charge is -2.18. The van der Waals surface area contributed by atoms with Crippen LogP contribution >= 0.6 is 0 Å². The van der Waals surface area contributed by atoms with Crippen LogP contribution in [0.3, 0.4) is 0 Å². The van der Waals surface area contributed by atoms with E-state index in [1.165, 1.54) is 128 Å². The number of hydrogen-bond acceptors (Lipinski definition) is 6. The molecule has 0 N–H and O–H groups in total. The van der Waals surface area contributed by atoms with Crippen molar-refractivity contribution in [2.45, 2.75) is 297 Å². The minimum atomic E-state index is -0.782. The van der Waals surface area contributed by atoms with Crippen LogP contribution in [0.1, 0.15) is 290 Å². The topological polar surface area (TPSA) is 78.9 Å². The summed E-state index contributed by atoms with van der Waals surface area (Å²) in [5.41, 5.74) is 0. The molecule has 0 heterocycles. The molecule has 1 atom stereocenters. The molecule has 0 fully saturated rings. The number of unbranched alkanes of at least 4 members (excludes halogenated alkanes) is 27. The zero-order valence-corrected chi connectivity index (χ0v) is 49.0. The molecular weight excluding hydrogens is 925 g/mol. The molecule has 0 saturated carbocycles. The van der Waals surface area contributed by atoms with Crippen LogP contribution < -0.4 is 0 Å². The highest BCUT2D eigenvalue weighted by Crippen LogP contribution is 2.15. The lowest BCUT2D eigenvalue weighted by atomic mass is 10.1. The van der Waals surface area contributed by atoms with Gasteiger partial charge in [0.25, 0.3) is 0 Å². The summed E-state index contributed by atoms with van der Waals surface area (Å²) >= 11 is 0. The summed E-state index contributed by atoms with van der Waals surface area (Å²) in [6.07, 6.45) is 85.6. The summed E-state index contributed by atoms with van der Waals surface area (Å²) < 4.78 is 16.8. The molecule has 0 spiro atoms. The second-order valence-electron chi connectivity index (χ2n) is 20.6. The fourth-order valence-electron chi connectivity index (χ4n) is 8.57. The zero-order valence-electron chi connectivity index (χ0n) is 49.0. The first-order valence-electron chi connectivity index (χ1n) is 31.4. The van der Waals surface area contributed by atoms with Crippen LogP contribution in [-0.4, -0.2) is 37.2 Å². The Hall–Kier alpha value is -3.93. The Morgan fingerprint density at radius 2 is 0.520 bits per heavy atom. The van der Waals surface area contributed by atoms with E-state index in [1.807, 2.05) is 0 Å². The molecule has 0 aromatic heterocycles. The van der Waals surface area contributed by atoms with Crippen LogP contribution in [0.25, 0.3) is 0 Å². The van der Waals surface area contributed by atoms with Crippen molar-refractivity contribution >= 4 is 17.9 Å². The van der Waals surface area contributed by atoms with Crippen molar-refractivity contribution in [3.63, 3.8) is 0 Å². The molecule has 0 bridgehead atoms. The highest BCUT2D eigenvalue weighted by molar-refractivity contribution is 5.71. The van der Waals surface area contributed by atoms with Gasteiger partial charge in [0.1, 0.15) is 13.2 Å². The lowest BCUT2D eigenvalue weighted by Crippen LogP contribution is -2.30. The molecule has 0 aromatic rings. The van der Waals surface area contributed by atoms with Gasteiger partial charge < -0.3 is 14.2 Å². The largest absolute Gasteiger partial charge is 0.462 e. The summed E-state index contributed by atoms with van der Waals surface area (Å²) in [5.74, 6) is -0.905. The van der Waals surface area contributed by atoms with E-state index >= 15 is 0 Å². The Morgan fingerprint density at radius 1 is 0.280 bits per heavy atom. The number of rotatable bonds is 56. The van der Waals surface area contributed by atoms with E-state index in [2.05, 4.69) is 130 Å². The van der Waals surface area contributed by atoms with Crippen LogP contribution in [0.2, 0.25) is 0 Å². The summed E-state index contributed by atoms with van der Waals surface area (Å²) in [6, 6.07) is 0. The Labute approximate surface area is 463 Å². The summed E-state index contributed by atoms with van der Waals surface area (Å²) in [4.78, 5) is 37.9. The molecule has 0 amide bonds. The van der Waals surface area contributed by atoms with Crippen molar-refractivity contribution in [1.82, 2.24) is 0 Å². The van der Waals surface area contributed by atoms with Gasteiger partial charge >= 0.3 is 17.9 Å². The minimum absolute atomic E-state index is 0.0830. The van der Waals surface area contributed by atoms with Crippen LogP contribution in [0.15, 0.2) is 109 Å². The van der Waals surface area contributed by atoms with E-state index in [0.29, 0.717) is 19.3 Å². The number of esters is 3. The number of ether oxygens (including phenoxy) is 3. The molecule has 0 aliphatic carbocycles. The monoisotopic (exact) mass is 1040 g/mol. The fraction of sp³-hybridized carbons (Fsp3) is 0.696. The second-order valence-corrected chi connectivity index (χ2v) is 20.6. The molecule has 0 aromatic carbocycles. The quantitative estimate of drug-likeness (QED) is 0.0261. The van der Waals surface area contributed by atoms with E-state index in [0.717, 1.165) is 122 Å². The Bertz CT molecular complexity index is 1520. The number of allylic oxidation sites excluding steroid dienone is 18. The average molecular weight is 1040 g/mol. The van der Waals surface area contributed by atoms with Gasteiger partial charge in [0, 0.05) is 19.3 Å². The molecular formula is C69H116O6. The highest BCUT2D eigenvalue weighted by atomic mass is 16.6. The third-order valence-corrected chi connectivity index (χ3v) is 13.3. The van der Waals surface area contributed by atoms with E-state index in [-0.39, 0.29) is 31.1 Å². The van der Waals surface area contributed by atoms with Crippen LogP contribution in [0.4, 0.5) is 0 Å². The van der Waals surface area contributed by atoms with Gasteiger partial charge in [-0.15, -0.1) is 0 Å². The van der Waals surface area contributed by atoms with E-state index in [9.17, 15) is 14.4 Å². The lowest BCUT2D eigenvalue weighted by molar-refractivity contribution is -0.167. The predicted molar refractivity (Wildman–Crippen MR) is 325 cm³/mol. The molecule has 1 unspecified atom stereocenters. The molecule has 0 radical (unpaired) electrons. The van der Waals surface area contributed by atoms with Crippen molar-refractivity contribution in [3.8, 4) is 0 Å². The summed E-state index contributed by atoms with van der Waals surface area (Å²) in [6.45, 7) is 6.43. The predicted octanol–water partition coefficient (Wildman–Crippen LogP) is 21.4. The molecule has 0 saturated heterocycles. The standard InChI is InChI=1S/C69H116O6/c1-4-7-10-13-15-17-19-21-23-25-27-29-31-32-33-34-35-36-38-39-41-43-45-47-49-51-53-56-59-62-68(71)74-65-66(64-73-67(70)61-58-55-12-9-6-3)75-69(72)63-60-57-54-52-50-48-46-44-42-40-37-30-28-26-24-22-20-18-16-14-11-8-5-2/h7,10,15,17,20-23,26-29,32-33,35-37,40,66H,4-6,8-9,11-14,16,18-19,24-25,30-31,34,38-39,41-65H2,1-3H3/b10-7-,17-15-,22-20-,23-21-,28-26-,29-27-,33-32-,36-35-,40-37-. The van der Waals surface area contributed by atoms with Gasteiger partial charge in [-0.1, -0.05) is 271 Å². The van der Waals surface area contributed by atoms with Crippen molar-refractivity contribution in [2.75, 3.05) is 13.2 Å². The highest BCUT2D eigenvalue weighted by Gasteiger charge is 2.19. The maximum absolute atomic E-state index is 12.8. The second kappa shape index (κ2) is 62.6. The fourth-order valence-corrected chi connectivity index (χ4v) is 8.57. The van der Waals surface area contributed by atoms with Gasteiger partial charge in [0.2, 0.25) is 0 Å². The smallest absolute Gasteiger partial charge is 0.306 e. The normalized spacial score (nSPS) is 12.8. The van der Waals surface area contributed by atoms with Gasteiger partial charge in [-0.25, -0.2) is 0 Å². The maximum atomic E-state index is 12.8. The van der Waals surface area contributed by atoms with Crippen LogP contribution in [-0.2, 0) is 28.6 Å². The Balaban J connectivity index is 4.09. The van der Waals surface area contributed by atoms with Crippen molar-refractivity contribution < 1.29 is 28.6 Å². The van der Waals surface area contributed by atoms with Crippen LogP contribution in [0.5, 0.6) is 0 Å². The number of carbonyl (C=O) groups excluding carboxylic acids is 3. The van der Waals surface area contributed by atoms with Gasteiger partial charge in [-0.05, 0) is 109 Å². The van der Waals surface area contributed by atoms with Crippen molar-refractivity contribution in [3.05, 3.63) is 109 Å². The summed E-state index contributed by atoms with van der Waals surface area (Å²) in [5, 5.41) is 0. The van der Waals surface area contributed by atoms with Gasteiger partial charge in [-0.2, -0.15) is 0 Å². The Kier molecular flexibility index (Phi) is 59.3.